The molecule has 5 heteroatoms. The highest BCUT2D eigenvalue weighted by atomic mass is 32.1. The van der Waals surface area contributed by atoms with Gasteiger partial charge >= 0.3 is 0 Å². The lowest BCUT2D eigenvalue weighted by molar-refractivity contribution is -0.143. The van der Waals surface area contributed by atoms with E-state index in [9.17, 15) is 9.59 Å². The number of nitrogens with zero attached hydrogens (tertiary/aromatic N) is 2. The minimum Gasteiger partial charge on any atom is -0.331 e. The molecule has 2 aromatic rings. The Morgan fingerprint density at radius 2 is 1.93 bits per heavy atom. The molecule has 0 radical (unpaired) electrons. The average Bonchev–Trinajstić information content (AvgIpc) is 3.20. The summed E-state index contributed by atoms with van der Waals surface area (Å²) in [7, 11) is 0. The number of thiophene rings is 1. The molecule has 1 aromatic heterocycles. The van der Waals surface area contributed by atoms with Gasteiger partial charge in [0, 0.05) is 23.9 Å². The number of hydrogen-bond acceptors (Lipinski definition) is 3. The first-order chi connectivity index (χ1) is 14.0. The van der Waals surface area contributed by atoms with Crippen molar-refractivity contribution in [3.63, 3.8) is 0 Å². The van der Waals surface area contributed by atoms with Gasteiger partial charge in [0.2, 0.25) is 11.8 Å². The highest BCUT2D eigenvalue weighted by molar-refractivity contribution is 7.10. The Morgan fingerprint density at radius 1 is 1.21 bits per heavy atom. The Kier molecular flexibility index (Phi) is 7.12. The van der Waals surface area contributed by atoms with Gasteiger partial charge in [-0.1, -0.05) is 43.7 Å². The lowest BCUT2D eigenvalue weighted by Crippen LogP contribution is -2.49. The van der Waals surface area contributed by atoms with Gasteiger partial charge in [-0.25, -0.2) is 0 Å². The normalized spacial score (nSPS) is 17.0. The van der Waals surface area contributed by atoms with E-state index in [2.05, 4.69) is 49.6 Å². The molecule has 0 bridgehead atoms. The zero-order chi connectivity index (χ0) is 21.0. The molecule has 0 aliphatic carbocycles. The summed E-state index contributed by atoms with van der Waals surface area (Å²) in [6, 6.07) is 10.6. The second kappa shape index (κ2) is 9.57. The van der Waals surface area contributed by atoms with E-state index in [0.717, 1.165) is 24.8 Å². The number of carbonyl (C=O) groups is 2. The van der Waals surface area contributed by atoms with Crippen LogP contribution >= 0.6 is 11.3 Å². The van der Waals surface area contributed by atoms with Gasteiger partial charge in [-0.05, 0) is 55.7 Å². The predicted molar refractivity (Wildman–Crippen MR) is 119 cm³/mol. The van der Waals surface area contributed by atoms with Crippen molar-refractivity contribution < 1.29 is 9.59 Å². The fraction of sp³-hybridized carbons (Fsp3) is 0.500. The molecule has 2 amide bonds. The van der Waals surface area contributed by atoms with Gasteiger partial charge in [-0.3, -0.25) is 9.59 Å². The van der Waals surface area contributed by atoms with Crippen LogP contribution in [-0.4, -0.2) is 40.7 Å². The van der Waals surface area contributed by atoms with Crippen molar-refractivity contribution in [2.24, 2.45) is 0 Å². The molecule has 0 fully saturated rings. The summed E-state index contributed by atoms with van der Waals surface area (Å²) in [6.07, 6.45) is 3.02. The van der Waals surface area contributed by atoms with E-state index >= 15 is 0 Å². The molecule has 0 N–H and O–H groups in total. The van der Waals surface area contributed by atoms with Crippen molar-refractivity contribution in [1.29, 1.82) is 0 Å². The molecular weight excluding hydrogens is 380 g/mol. The lowest BCUT2D eigenvalue weighted by Gasteiger charge is -2.38. The molecule has 1 aromatic carbocycles. The summed E-state index contributed by atoms with van der Waals surface area (Å²) in [6.45, 7) is 9.04. The van der Waals surface area contributed by atoms with Gasteiger partial charge in [-0.2, -0.15) is 0 Å². The molecule has 2 unspecified atom stereocenters. The fourth-order valence-electron chi connectivity index (χ4n) is 4.00. The Balaban J connectivity index is 1.89. The maximum absolute atomic E-state index is 13.5. The summed E-state index contributed by atoms with van der Waals surface area (Å²) in [5.74, 6) is 0.118. The number of benzene rings is 1. The minimum absolute atomic E-state index is 0.0391. The molecule has 1 aliphatic heterocycles. The summed E-state index contributed by atoms with van der Waals surface area (Å²) in [5, 5.41) is 2.12. The van der Waals surface area contributed by atoms with Crippen molar-refractivity contribution >= 4 is 23.2 Å². The molecule has 0 saturated carbocycles. The van der Waals surface area contributed by atoms with Crippen LogP contribution < -0.4 is 0 Å². The third kappa shape index (κ3) is 4.72. The van der Waals surface area contributed by atoms with Crippen molar-refractivity contribution in [1.82, 2.24) is 9.80 Å². The first kappa shape index (κ1) is 21.6. The molecule has 2 heterocycles. The highest BCUT2D eigenvalue weighted by Gasteiger charge is 2.34. The summed E-state index contributed by atoms with van der Waals surface area (Å²) in [4.78, 5) is 31.2. The standard InChI is InChI=1S/C24H32N2O2S/c1-5-7-22(27)26(18(4)6-2)16-23(28)25-14-12-21-20(13-15-29-21)24(25)19-10-8-17(3)9-11-19/h8-11,13,15,18,24H,5-7,12,14,16H2,1-4H3. The summed E-state index contributed by atoms with van der Waals surface area (Å²) < 4.78 is 0. The van der Waals surface area contributed by atoms with Crippen LogP contribution in [0.5, 0.6) is 0 Å². The van der Waals surface area contributed by atoms with Crippen molar-refractivity contribution in [3.8, 4) is 0 Å². The van der Waals surface area contributed by atoms with Crippen molar-refractivity contribution in [2.45, 2.75) is 65.5 Å². The van der Waals surface area contributed by atoms with Crippen LogP contribution in [0.15, 0.2) is 35.7 Å². The molecule has 2 atom stereocenters. The molecule has 3 rings (SSSR count). The van der Waals surface area contributed by atoms with E-state index in [-0.39, 0.29) is 30.4 Å². The van der Waals surface area contributed by atoms with E-state index in [1.807, 2.05) is 18.7 Å². The van der Waals surface area contributed by atoms with Crippen LogP contribution in [0.4, 0.5) is 0 Å². The first-order valence-corrected chi connectivity index (χ1v) is 11.6. The first-order valence-electron chi connectivity index (χ1n) is 10.7. The number of aryl methyl sites for hydroxylation is 1. The fourth-order valence-corrected chi connectivity index (χ4v) is 4.90. The van der Waals surface area contributed by atoms with E-state index in [0.29, 0.717) is 13.0 Å². The highest BCUT2D eigenvalue weighted by Crippen LogP contribution is 2.38. The van der Waals surface area contributed by atoms with Gasteiger partial charge in [0.05, 0.1) is 6.04 Å². The third-order valence-electron chi connectivity index (χ3n) is 5.89. The van der Waals surface area contributed by atoms with Crippen molar-refractivity contribution in [3.05, 3.63) is 57.3 Å². The zero-order valence-electron chi connectivity index (χ0n) is 18.0. The third-order valence-corrected chi connectivity index (χ3v) is 6.89. The van der Waals surface area contributed by atoms with Gasteiger partial charge < -0.3 is 9.80 Å². The lowest BCUT2D eigenvalue weighted by atomic mass is 9.92. The molecule has 1 aliphatic rings. The Hall–Kier alpha value is -2.14. The topological polar surface area (TPSA) is 40.6 Å². The average molecular weight is 413 g/mol. The Labute approximate surface area is 178 Å². The van der Waals surface area contributed by atoms with Crippen LogP contribution in [0.1, 0.15) is 67.6 Å². The molecular formula is C24H32N2O2S. The number of fused-ring (bicyclic) bond motifs is 1. The quantitative estimate of drug-likeness (QED) is 0.645. The van der Waals surface area contributed by atoms with Crippen molar-refractivity contribution in [2.75, 3.05) is 13.1 Å². The zero-order valence-corrected chi connectivity index (χ0v) is 18.8. The second-order valence-corrected chi connectivity index (χ2v) is 8.98. The van der Waals surface area contributed by atoms with Gasteiger partial charge in [0.1, 0.15) is 6.54 Å². The largest absolute Gasteiger partial charge is 0.331 e. The summed E-state index contributed by atoms with van der Waals surface area (Å²) in [5.41, 5.74) is 3.58. The van der Waals surface area contributed by atoms with E-state index in [1.165, 1.54) is 16.0 Å². The van der Waals surface area contributed by atoms with E-state index in [4.69, 9.17) is 0 Å². The van der Waals surface area contributed by atoms with Crippen LogP contribution in [0.2, 0.25) is 0 Å². The number of amides is 2. The van der Waals surface area contributed by atoms with Crippen LogP contribution in [0, 0.1) is 6.92 Å². The number of hydrogen-bond donors (Lipinski definition) is 0. The van der Waals surface area contributed by atoms with E-state index < -0.39 is 0 Å². The molecule has 0 saturated heterocycles. The van der Waals surface area contributed by atoms with Gasteiger partial charge in [0.25, 0.3) is 0 Å². The predicted octanol–water partition coefficient (Wildman–Crippen LogP) is 4.96. The van der Waals surface area contributed by atoms with Crippen LogP contribution in [0.25, 0.3) is 0 Å². The second-order valence-electron chi connectivity index (χ2n) is 7.98. The summed E-state index contributed by atoms with van der Waals surface area (Å²) >= 11 is 1.77. The monoisotopic (exact) mass is 412 g/mol. The maximum Gasteiger partial charge on any atom is 0.243 e. The van der Waals surface area contributed by atoms with E-state index in [1.54, 1.807) is 16.2 Å². The molecule has 29 heavy (non-hydrogen) atoms. The van der Waals surface area contributed by atoms with Gasteiger partial charge in [-0.15, -0.1) is 11.3 Å². The Bertz CT molecular complexity index is 843. The molecule has 0 spiro atoms. The minimum atomic E-state index is -0.0711. The maximum atomic E-state index is 13.5. The number of carbonyl (C=O) groups excluding carboxylic acids is 2. The SMILES string of the molecule is CCCC(=O)N(CC(=O)N1CCc2sccc2C1c1ccc(C)cc1)C(C)CC. The van der Waals surface area contributed by atoms with Crippen LogP contribution in [-0.2, 0) is 16.0 Å². The Morgan fingerprint density at radius 3 is 2.59 bits per heavy atom. The van der Waals surface area contributed by atoms with Gasteiger partial charge in [0.15, 0.2) is 0 Å². The number of rotatable bonds is 7. The van der Waals surface area contributed by atoms with Crippen LogP contribution in [0.3, 0.4) is 0 Å². The molecule has 156 valence electrons. The molecule has 4 nitrogen and oxygen atoms in total. The smallest absolute Gasteiger partial charge is 0.243 e.